The monoisotopic (exact) mass is 243 g/mol. The van der Waals surface area contributed by atoms with Crippen molar-refractivity contribution < 1.29 is 5.21 Å². The fourth-order valence-corrected chi connectivity index (χ4v) is 1.98. The van der Waals surface area contributed by atoms with Crippen LogP contribution in [0.25, 0.3) is 0 Å². The molecule has 2 atom stereocenters. The molecule has 4 nitrogen and oxygen atoms in total. The molecule has 0 aliphatic carbocycles. The third kappa shape index (κ3) is 8.98. The van der Waals surface area contributed by atoms with Gasteiger partial charge in [0.1, 0.15) is 5.84 Å². The molecule has 0 saturated heterocycles. The number of nitrogens with one attached hydrogen (secondary N) is 1. The van der Waals surface area contributed by atoms with Crippen LogP contribution < -0.4 is 11.1 Å². The average Bonchev–Trinajstić information content (AvgIpc) is 2.33. The molecule has 0 aromatic rings. The lowest BCUT2D eigenvalue weighted by molar-refractivity contribution is 0.314. The van der Waals surface area contributed by atoms with E-state index >= 15 is 0 Å². The van der Waals surface area contributed by atoms with Gasteiger partial charge in [0.2, 0.25) is 0 Å². The normalized spacial score (nSPS) is 15.8. The maximum absolute atomic E-state index is 8.55. The van der Waals surface area contributed by atoms with Gasteiger partial charge in [-0.05, 0) is 19.8 Å². The highest BCUT2D eigenvalue weighted by atomic mass is 16.4. The van der Waals surface area contributed by atoms with E-state index in [1.807, 2.05) is 0 Å². The molecule has 0 saturated carbocycles. The summed E-state index contributed by atoms with van der Waals surface area (Å²) in [4.78, 5) is 0. The third-order valence-electron chi connectivity index (χ3n) is 3.09. The molecule has 2 unspecified atom stereocenters. The summed E-state index contributed by atoms with van der Waals surface area (Å²) in [5, 5.41) is 15.1. The molecule has 0 bridgehead atoms. The number of nitrogens with two attached hydrogens (primary N) is 1. The maximum Gasteiger partial charge on any atom is 0.140 e. The molecule has 0 rings (SSSR count). The van der Waals surface area contributed by atoms with E-state index in [0.29, 0.717) is 24.3 Å². The lowest BCUT2D eigenvalue weighted by Gasteiger charge is -2.21. The van der Waals surface area contributed by atoms with Crippen molar-refractivity contribution in [3.63, 3.8) is 0 Å². The molecule has 4 N–H and O–H groups in total. The topological polar surface area (TPSA) is 70.6 Å². The first-order valence-corrected chi connectivity index (χ1v) is 6.86. The minimum atomic E-state index is 0.308. The number of hydrogen-bond acceptors (Lipinski definition) is 3. The zero-order chi connectivity index (χ0) is 13.1. The van der Waals surface area contributed by atoms with Crippen molar-refractivity contribution in [2.24, 2.45) is 10.9 Å². The van der Waals surface area contributed by atoms with E-state index < -0.39 is 0 Å². The van der Waals surface area contributed by atoms with Gasteiger partial charge in [-0.2, -0.15) is 0 Å². The second-order valence-electron chi connectivity index (χ2n) is 4.82. The second-order valence-corrected chi connectivity index (χ2v) is 4.82. The first-order chi connectivity index (χ1) is 8.13. The van der Waals surface area contributed by atoms with Gasteiger partial charge in [-0.25, -0.2) is 0 Å². The Balaban J connectivity index is 3.77. The molecular formula is C13H29N3O. The molecule has 0 aromatic heterocycles. The summed E-state index contributed by atoms with van der Waals surface area (Å²) in [5.74, 6) is 0.308. The minimum absolute atomic E-state index is 0.308. The molecular weight excluding hydrogens is 214 g/mol. The van der Waals surface area contributed by atoms with Gasteiger partial charge in [-0.15, -0.1) is 0 Å². The Morgan fingerprint density at radius 1 is 1.29 bits per heavy atom. The molecule has 0 heterocycles. The van der Waals surface area contributed by atoms with Crippen LogP contribution in [0, 0.1) is 0 Å². The minimum Gasteiger partial charge on any atom is -0.409 e. The predicted molar refractivity (Wildman–Crippen MR) is 73.5 cm³/mol. The van der Waals surface area contributed by atoms with Crippen molar-refractivity contribution in [3.8, 4) is 0 Å². The largest absolute Gasteiger partial charge is 0.409 e. The van der Waals surface area contributed by atoms with Crippen LogP contribution in [-0.4, -0.2) is 23.1 Å². The summed E-state index contributed by atoms with van der Waals surface area (Å²) in [6, 6.07) is 0.815. The van der Waals surface area contributed by atoms with Crippen LogP contribution in [-0.2, 0) is 0 Å². The SMILES string of the molecule is CCCCCCC(C)NC(CC)C/C(N)=N/O. The summed E-state index contributed by atoms with van der Waals surface area (Å²) in [6.07, 6.45) is 8.02. The summed E-state index contributed by atoms with van der Waals surface area (Å²) < 4.78 is 0. The standard InChI is InChI=1S/C13H29N3O/c1-4-6-7-8-9-11(3)15-12(5-2)10-13(14)16-17/h11-12,15,17H,4-10H2,1-3H3,(H2,14,16). The van der Waals surface area contributed by atoms with Crippen LogP contribution in [0.2, 0.25) is 0 Å². The Hall–Kier alpha value is -0.770. The van der Waals surface area contributed by atoms with Crippen molar-refractivity contribution in [1.29, 1.82) is 0 Å². The van der Waals surface area contributed by atoms with Gasteiger partial charge in [0, 0.05) is 18.5 Å². The smallest absolute Gasteiger partial charge is 0.140 e. The van der Waals surface area contributed by atoms with E-state index in [0.717, 1.165) is 6.42 Å². The van der Waals surface area contributed by atoms with Crippen molar-refractivity contribution >= 4 is 5.84 Å². The molecule has 0 spiro atoms. The zero-order valence-corrected chi connectivity index (χ0v) is 11.6. The Kier molecular flexibility index (Phi) is 9.92. The molecule has 0 aliphatic heterocycles. The molecule has 0 aromatic carbocycles. The van der Waals surface area contributed by atoms with Crippen molar-refractivity contribution in [2.75, 3.05) is 0 Å². The van der Waals surface area contributed by atoms with E-state index in [2.05, 4.69) is 31.2 Å². The first kappa shape index (κ1) is 16.2. The van der Waals surface area contributed by atoms with Gasteiger partial charge in [0.15, 0.2) is 0 Å². The van der Waals surface area contributed by atoms with Crippen LogP contribution in [0.1, 0.15) is 65.7 Å². The van der Waals surface area contributed by atoms with Gasteiger partial charge in [0.05, 0.1) is 0 Å². The Bertz CT molecular complexity index is 207. The fraction of sp³-hybridized carbons (Fsp3) is 0.923. The van der Waals surface area contributed by atoms with Gasteiger partial charge in [0.25, 0.3) is 0 Å². The number of oxime groups is 1. The van der Waals surface area contributed by atoms with Crippen LogP contribution >= 0.6 is 0 Å². The molecule has 0 amide bonds. The Morgan fingerprint density at radius 3 is 2.53 bits per heavy atom. The van der Waals surface area contributed by atoms with Crippen molar-refractivity contribution in [2.45, 2.75) is 77.8 Å². The Labute approximate surface area is 106 Å². The highest BCUT2D eigenvalue weighted by Crippen LogP contribution is 2.07. The van der Waals surface area contributed by atoms with Crippen molar-refractivity contribution in [3.05, 3.63) is 0 Å². The maximum atomic E-state index is 8.55. The van der Waals surface area contributed by atoms with E-state index in [9.17, 15) is 0 Å². The van der Waals surface area contributed by atoms with E-state index in [1.54, 1.807) is 0 Å². The van der Waals surface area contributed by atoms with Gasteiger partial charge in [-0.3, -0.25) is 0 Å². The van der Waals surface area contributed by atoms with E-state index in [-0.39, 0.29) is 0 Å². The second kappa shape index (κ2) is 10.4. The molecule has 17 heavy (non-hydrogen) atoms. The van der Waals surface area contributed by atoms with Crippen LogP contribution in [0.4, 0.5) is 0 Å². The quantitative estimate of drug-likeness (QED) is 0.182. The molecule has 0 radical (unpaired) electrons. The highest BCUT2D eigenvalue weighted by molar-refractivity contribution is 5.80. The van der Waals surface area contributed by atoms with Crippen LogP contribution in [0.15, 0.2) is 5.16 Å². The van der Waals surface area contributed by atoms with Gasteiger partial charge in [-0.1, -0.05) is 44.7 Å². The fourth-order valence-electron chi connectivity index (χ4n) is 1.98. The highest BCUT2D eigenvalue weighted by Gasteiger charge is 2.11. The summed E-state index contributed by atoms with van der Waals surface area (Å²) >= 11 is 0. The van der Waals surface area contributed by atoms with Crippen LogP contribution in [0.3, 0.4) is 0 Å². The summed E-state index contributed by atoms with van der Waals surface area (Å²) in [7, 11) is 0. The van der Waals surface area contributed by atoms with Crippen LogP contribution in [0.5, 0.6) is 0 Å². The number of unbranched alkanes of at least 4 members (excludes halogenated alkanes) is 3. The number of amidine groups is 1. The summed E-state index contributed by atoms with van der Waals surface area (Å²) in [5.41, 5.74) is 5.52. The van der Waals surface area contributed by atoms with E-state index in [1.165, 1.54) is 32.1 Å². The lowest BCUT2D eigenvalue weighted by Crippen LogP contribution is -2.38. The van der Waals surface area contributed by atoms with E-state index in [4.69, 9.17) is 10.9 Å². The van der Waals surface area contributed by atoms with Gasteiger partial charge >= 0.3 is 0 Å². The molecule has 0 aliphatic rings. The molecule has 4 heteroatoms. The number of nitrogens with zero attached hydrogens (tertiary/aromatic N) is 1. The van der Waals surface area contributed by atoms with Crippen molar-refractivity contribution in [1.82, 2.24) is 5.32 Å². The predicted octanol–water partition coefficient (Wildman–Crippen LogP) is 2.85. The number of rotatable bonds is 10. The Morgan fingerprint density at radius 2 is 2.00 bits per heavy atom. The zero-order valence-electron chi connectivity index (χ0n) is 11.6. The molecule has 0 fully saturated rings. The molecule has 102 valence electrons. The third-order valence-corrected chi connectivity index (χ3v) is 3.09. The number of hydrogen-bond donors (Lipinski definition) is 3. The van der Waals surface area contributed by atoms with Gasteiger partial charge < -0.3 is 16.3 Å². The summed E-state index contributed by atoms with van der Waals surface area (Å²) in [6.45, 7) is 6.55. The lowest BCUT2D eigenvalue weighted by atomic mass is 10.1. The average molecular weight is 243 g/mol. The first-order valence-electron chi connectivity index (χ1n) is 6.86.